The van der Waals surface area contributed by atoms with Crippen LogP contribution in [-0.4, -0.2) is 34.0 Å². The zero-order chi connectivity index (χ0) is 27.8. The van der Waals surface area contributed by atoms with Gasteiger partial charge in [0.25, 0.3) is 0 Å². The summed E-state index contributed by atoms with van der Waals surface area (Å²) in [5.74, 6) is 0. The van der Waals surface area contributed by atoms with Crippen LogP contribution in [0.25, 0.3) is 0 Å². The van der Waals surface area contributed by atoms with Gasteiger partial charge in [0.15, 0.2) is 0 Å². The molecule has 0 N–H and O–H groups in total. The van der Waals surface area contributed by atoms with Crippen molar-refractivity contribution in [1.29, 1.82) is 0 Å². The average Bonchev–Trinajstić information content (AvgIpc) is 3.06. The normalized spacial score (nSPS) is 27.6. The molecule has 0 bridgehead atoms. The number of halogens is 1. The molecule has 0 heterocycles. The Morgan fingerprint density at radius 1 is 0.250 bits per heavy atom. The van der Waals surface area contributed by atoms with E-state index in [2.05, 4.69) is 25.2 Å². The standard InChI is InChI=1S/2C18H33P.ClH.Cu/c2*1-4-10-16(11-5-1)19(17-12-6-2-7-13-17)18-14-8-3-9-15-18;;/h2*16-18H,1-15H2;1H;/q;;;+1/p-1. The van der Waals surface area contributed by atoms with E-state index in [1.807, 2.05) is 0 Å². The molecule has 0 aromatic rings. The van der Waals surface area contributed by atoms with Gasteiger partial charge in [-0.1, -0.05) is 131 Å². The molecule has 0 saturated heterocycles. The Hall–Kier alpha value is 1.67. The van der Waals surface area contributed by atoms with Crippen LogP contribution in [0.5, 0.6) is 0 Å². The van der Waals surface area contributed by atoms with Crippen molar-refractivity contribution >= 4 is 25.9 Å². The van der Waals surface area contributed by atoms with Gasteiger partial charge in [-0.25, -0.2) is 0 Å². The Morgan fingerprint density at radius 3 is 0.500 bits per heavy atom. The molecule has 6 rings (SSSR count). The summed E-state index contributed by atoms with van der Waals surface area (Å²) < 4.78 is 0. The SMILES string of the molecule is C1CCC(P(C2CCCCC2)C2CCCCC2)CC1.C1CCC(P(C2CCCCC2)C2CCCCC2)CC1.[Cl][Cu]. The van der Waals surface area contributed by atoms with E-state index in [4.69, 9.17) is 0 Å². The summed E-state index contributed by atoms with van der Waals surface area (Å²) in [6, 6.07) is 0. The van der Waals surface area contributed by atoms with Gasteiger partial charge in [0.05, 0.1) is 0 Å². The van der Waals surface area contributed by atoms with Crippen molar-refractivity contribution in [2.45, 2.75) is 227 Å². The monoisotopic (exact) mass is 658 g/mol. The summed E-state index contributed by atoms with van der Waals surface area (Å²) >= 11 is 3.66. The summed E-state index contributed by atoms with van der Waals surface area (Å²) in [7, 11) is 4.97. The molecule has 238 valence electrons. The second-order valence-corrected chi connectivity index (χ2v) is 20.8. The van der Waals surface area contributed by atoms with Crippen LogP contribution in [0.4, 0.5) is 0 Å². The Morgan fingerprint density at radius 2 is 0.375 bits per heavy atom. The van der Waals surface area contributed by atoms with E-state index in [-0.39, 0.29) is 0 Å². The molecule has 0 spiro atoms. The van der Waals surface area contributed by atoms with E-state index in [1.54, 1.807) is 154 Å². The van der Waals surface area contributed by atoms with Gasteiger partial charge in [0.1, 0.15) is 0 Å². The summed E-state index contributed by atoms with van der Waals surface area (Å²) in [6.07, 6.45) is 47.2. The van der Waals surface area contributed by atoms with Crippen molar-refractivity contribution in [2.24, 2.45) is 0 Å². The molecule has 6 aliphatic rings. The minimum absolute atomic E-state index is 0.385. The molecule has 0 atom stereocenters. The van der Waals surface area contributed by atoms with Crippen molar-refractivity contribution in [3.63, 3.8) is 0 Å². The summed E-state index contributed by atoms with van der Waals surface area (Å²) in [5, 5.41) is 0. The van der Waals surface area contributed by atoms with Crippen molar-refractivity contribution in [1.82, 2.24) is 0 Å². The van der Waals surface area contributed by atoms with E-state index in [0.29, 0.717) is 15.8 Å². The van der Waals surface area contributed by atoms with Crippen molar-refractivity contribution < 1.29 is 15.1 Å². The van der Waals surface area contributed by atoms with Crippen molar-refractivity contribution in [2.75, 3.05) is 0 Å². The fraction of sp³-hybridized carbons (Fsp3) is 1.00. The van der Waals surface area contributed by atoms with Crippen LogP contribution in [0.3, 0.4) is 0 Å². The Kier molecular flexibility index (Phi) is 17.8. The maximum absolute atomic E-state index is 4.20. The van der Waals surface area contributed by atoms with Gasteiger partial charge in [-0.15, -0.1) is 0 Å². The van der Waals surface area contributed by atoms with Crippen LogP contribution in [0.15, 0.2) is 0 Å². The molecular formula is C36H66ClCuP2. The molecule has 6 saturated carbocycles. The molecule has 6 aliphatic carbocycles. The average molecular weight is 660 g/mol. The second-order valence-electron chi connectivity index (χ2n) is 14.6. The predicted molar refractivity (Wildman–Crippen MR) is 181 cm³/mol. The first kappa shape index (κ1) is 34.5. The first-order valence-electron chi connectivity index (χ1n) is 18.6. The van der Waals surface area contributed by atoms with Gasteiger partial charge in [0, 0.05) is 0 Å². The van der Waals surface area contributed by atoms with Crippen molar-refractivity contribution in [3.8, 4) is 0 Å². The molecule has 0 unspecified atom stereocenters. The first-order chi connectivity index (χ1) is 19.9. The van der Waals surface area contributed by atoms with Crippen molar-refractivity contribution in [3.05, 3.63) is 0 Å². The van der Waals surface area contributed by atoms with Gasteiger partial charge >= 0.3 is 25.2 Å². The Labute approximate surface area is 266 Å². The third kappa shape index (κ3) is 10.9. The third-order valence-electron chi connectivity index (χ3n) is 12.0. The summed E-state index contributed by atoms with van der Waals surface area (Å²) in [5.41, 5.74) is 7.14. The molecule has 0 aliphatic heterocycles. The van der Waals surface area contributed by atoms with Gasteiger partial charge < -0.3 is 0 Å². The quantitative estimate of drug-likeness (QED) is 0.197. The predicted octanol–water partition coefficient (Wildman–Crippen LogP) is 13.6. The molecule has 0 radical (unpaired) electrons. The zero-order valence-corrected chi connectivity index (χ0v) is 29.7. The van der Waals surface area contributed by atoms with E-state index in [9.17, 15) is 0 Å². The van der Waals surface area contributed by atoms with Crippen LogP contribution >= 0.6 is 25.9 Å². The molecule has 0 amide bonds. The molecule has 4 heteroatoms. The third-order valence-corrected chi connectivity index (χ3v) is 20.1. The molecule has 0 aromatic heterocycles. The van der Waals surface area contributed by atoms with Gasteiger partial charge in [-0.2, -0.15) is 0 Å². The number of hydrogen-bond donors (Lipinski definition) is 0. The van der Waals surface area contributed by atoms with E-state index < -0.39 is 0 Å². The fourth-order valence-corrected chi connectivity index (χ4v) is 19.4. The van der Waals surface area contributed by atoms with Gasteiger partial charge in [0.2, 0.25) is 0 Å². The van der Waals surface area contributed by atoms with Gasteiger partial charge in [-0.3, -0.25) is 0 Å². The first-order valence-corrected chi connectivity index (χ1v) is 23.0. The minimum atomic E-state index is 0.385. The van der Waals surface area contributed by atoms with Crippen LogP contribution in [0.1, 0.15) is 193 Å². The second kappa shape index (κ2) is 20.7. The topological polar surface area (TPSA) is 0 Å². The zero-order valence-electron chi connectivity index (χ0n) is 26.3. The fourth-order valence-electron chi connectivity index (χ4n) is 10.1. The van der Waals surface area contributed by atoms with E-state index in [1.165, 1.54) is 72.5 Å². The summed E-state index contributed by atoms with van der Waals surface area (Å²) in [6.45, 7) is 0. The molecule has 40 heavy (non-hydrogen) atoms. The maximum atomic E-state index is 4.20. The molecule has 6 fully saturated rings. The summed E-state index contributed by atoms with van der Waals surface area (Å²) in [4.78, 5) is 0. The van der Waals surface area contributed by atoms with Crippen LogP contribution in [0, 0.1) is 0 Å². The number of hydrogen-bond acceptors (Lipinski definition) is 0. The van der Waals surface area contributed by atoms with E-state index in [0.717, 1.165) is 0 Å². The van der Waals surface area contributed by atoms with Crippen LogP contribution in [-0.2, 0) is 15.1 Å². The van der Waals surface area contributed by atoms with Crippen LogP contribution < -0.4 is 0 Å². The number of rotatable bonds is 6. The molecule has 0 nitrogen and oxygen atoms in total. The van der Waals surface area contributed by atoms with E-state index >= 15 is 0 Å². The Bertz CT molecular complexity index is 471. The van der Waals surface area contributed by atoms with Gasteiger partial charge in [-0.05, 0) is 111 Å². The Balaban J connectivity index is 0.000000174. The van der Waals surface area contributed by atoms with Crippen LogP contribution in [0.2, 0.25) is 0 Å². The molecule has 0 aromatic carbocycles. The molecular weight excluding hydrogens is 593 g/mol.